The number of halogens is 1. The first-order valence-electron chi connectivity index (χ1n) is 4.87. The van der Waals surface area contributed by atoms with Crippen molar-refractivity contribution in [2.24, 2.45) is 0 Å². The molecule has 2 aromatic rings. The maximum absolute atomic E-state index is 5.62. The maximum atomic E-state index is 5.62. The Balaban J connectivity index is 2.28. The third-order valence-electron chi connectivity index (χ3n) is 2.13. The zero-order valence-electron chi connectivity index (χ0n) is 8.77. The van der Waals surface area contributed by atoms with E-state index in [0.717, 1.165) is 17.6 Å². The summed E-state index contributed by atoms with van der Waals surface area (Å²) < 4.78 is 5.62. The Bertz CT molecular complexity index is 420. The molecule has 1 aromatic heterocycles. The molecule has 0 aliphatic carbocycles. The van der Waals surface area contributed by atoms with Crippen LogP contribution in [0, 0.1) is 0 Å². The molecule has 0 saturated heterocycles. The van der Waals surface area contributed by atoms with Crippen molar-refractivity contribution in [3.8, 4) is 0 Å². The minimum atomic E-state index is 0.414. The van der Waals surface area contributed by atoms with Crippen LogP contribution < -0.4 is 4.90 Å². The molecule has 0 aliphatic heterocycles. The monoisotopic (exact) mass is 268 g/mol. The van der Waals surface area contributed by atoms with Crippen LogP contribution >= 0.6 is 15.9 Å². The lowest BCUT2D eigenvalue weighted by Crippen LogP contribution is -2.23. The van der Waals surface area contributed by atoms with E-state index < -0.39 is 0 Å². The van der Waals surface area contributed by atoms with Gasteiger partial charge in [-0.05, 0) is 12.1 Å². The molecule has 0 bridgehead atoms. The second-order valence-corrected chi connectivity index (χ2v) is 5.19. The van der Waals surface area contributed by atoms with Crippen LogP contribution in [0.1, 0.15) is 6.92 Å². The lowest BCUT2D eigenvalue weighted by atomic mass is 10.3. The zero-order valence-corrected chi connectivity index (χ0v) is 10.4. The second kappa shape index (κ2) is 4.23. The summed E-state index contributed by atoms with van der Waals surface area (Å²) in [7, 11) is 1.97. The molecule has 0 spiro atoms. The Hall–Kier alpha value is -1.03. The fraction of sp³-hybridized carbons (Fsp3) is 0.364. The average Bonchev–Trinajstić information content (AvgIpc) is 2.59. The van der Waals surface area contributed by atoms with Gasteiger partial charge in [0.2, 0.25) is 0 Å². The molecule has 80 valence electrons. The SMILES string of the molecule is CC(Br)CN(C)c1nc2ccccc2o1. The molecule has 4 heteroatoms. The molecular weight excluding hydrogens is 256 g/mol. The Kier molecular flexibility index (Phi) is 2.95. The van der Waals surface area contributed by atoms with Crippen LogP contribution in [0.15, 0.2) is 28.7 Å². The topological polar surface area (TPSA) is 29.3 Å². The molecule has 1 atom stereocenters. The number of benzene rings is 1. The third-order valence-corrected chi connectivity index (χ3v) is 2.42. The predicted molar refractivity (Wildman–Crippen MR) is 65.7 cm³/mol. The number of hydrogen-bond acceptors (Lipinski definition) is 3. The van der Waals surface area contributed by atoms with E-state index in [1.165, 1.54) is 0 Å². The molecule has 1 heterocycles. The number of hydrogen-bond donors (Lipinski definition) is 0. The molecule has 0 N–H and O–H groups in total. The maximum Gasteiger partial charge on any atom is 0.298 e. The van der Waals surface area contributed by atoms with Crippen molar-refractivity contribution < 1.29 is 4.42 Å². The largest absolute Gasteiger partial charge is 0.423 e. The van der Waals surface area contributed by atoms with Crippen LogP contribution in [0.3, 0.4) is 0 Å². The minimum Gasteiger partial charge on any atom is -0.423 e. The van der Waals surface area contributed by atoms with Crippen LogP contribution in [0.4, 0.5) is 6.01 Å². The number of alkyl halides is 1. The van der Waals surface area contributed by atoms with Gasteiger partial charge in [0.15, 0.2) is 5.58 Å². The Morgan fingerprint density at radius 2 is 2.20 bits per heavy atom. The first kappa shape index (κ1) is 10.5. The van der Waals surface area contributed by atoms with Gasteiger partial charge in [-0.3, -0.25) is 0 Å². The standard InChI is InChI=1S/C11H13BrN2O/c1-8(12)7-14(2)11-13-9-5-3-4-6-10(9)15-11/h3-6,8H,7H2,1-2H3. The third kappa shape index (κ3) is 2.31. The van der Waals surface area contributed by atoms with Gasteiger partial charge in [-0.2, -0.15) is 4.98 Å². The summed E-state index contributed by atoms with van der Waals surface area (Å²) >= 11 is 3.50. The summed E-state index contributed by atoms with van der Waals surface area (Å²) in [5.41, 5.74) is 1.74. The highest BCUT2D eigenvalue weighted by molar-refractivity contribution is 9.09. The van der Waals surface area contributed by atoms with E-state index in [2.05, 4.69) is 27.8 Å². The van der Waals surface area contributed by atoms with Gasteiger partial charge in [-0.25, -0.2) is 0 Å². The first-order chi connectivity index (χ1) is 7.16. The van der Waals surface area contributed by atoms with E-state index in [9.17, 15) is 0 Å². The predicted octanol–water partition coefficient (Wildman–Crippen LogP) is 3.05. The van der Waals surface area contributed by atoms with Gasteiger partial charge in [0.1, 0.15) is 5.52 Å². The number of fused-ring (bicyclic) bond motifs is 1. The van der Waals surface area contributed by atoms with Crippen molar-refractivity contribution >= 4 is 33.0 Å². The highest BCUT2D eigenvalue weighted by Crippen LogP contribution is 2.21. The molecular formula is C11H13BrN2O. The molecule has 0 aliphatic rings. The van der Waals surface area contributed by atoms with Crippen molar-refractivity contribution in [3.63, 3.8) is 0 Å². The van der Waals surface area contributed by atoms with Gasteiger partial charge >= 0.3 is 0 Å². The van der Waals surface area contributed by atoms with E-state index in [0.29, 0.717) is 10.8 Å². The van der Waals surface area contributed by atoms with Gasteiger partial charge in [0, 0.05) is 18.4 Å². The number of aromatic nitrogens is 1. The Morgan fingerprint density at radius 1 is 1.47 bits per heavy atom. The van der Waals surface area contributed by atoms with Crippen molar-refractivity contribution in [1.82, 2.24) is 4.98 Å². The second-order valence-electron chi connectivity index (χ2n) is 3.63. The number of nitrogens with zero attached hydrogens (tertiary/aromatic N) is 2. The van der Waals surface area contributed by atoms with Crippen molar-refractivity contribution in [2.75, 3.05) is 18.5 Å². The van der Waals surface area contributed by atoms with Crippen LogP contribution in [0.25, 0.3) is 11.1 Å². The fourth-order valence-corrected chi connectivity index (χ4v) is 1.91. The van der Waals surface area contributed by atoms with Crippen molar-refractivity contribution in [3.05, 3.63) is 24.3 Å². The average molecular weight is 269 g/mol. The van der Waals surface area contributed by atoms with Crippen LogP contribution in [0.2, 0.25) is 0 Å². The number of rotatable bonds is 3. The highest BCUT2D eigenvalue weighted by atomic mass is 79.9. The number of para-hydroxylation sites is 2. The van der Waals surface area contributed by atoms with E-state index in [-0.39, 0.29) is 0 Å². The summed E-state index contributed by atoms with van der Waals surface area (Å²) in [6.45, 7) is 2.96. The van der Waals surface area contributed by atoms with Crippen molar-refractivity contribution in [1.29, 1.82) is 0 Å². The van der Waals surface area contributed by atoms with E-state index >= 15 is 0 Å². The van der Waals surface area contributed by atoms with Gasteiger partial charge < -0.3 is 9.32 Å². The summed E-state index contributed by atoms with van der Waals surface area (Å²) in [5.74, 6) is 0. The van der Waals surface area contributed by atoms with Crippen LogP contribution in [-0.4, -0.2) is 23.4 Å². The molecule has 1 aromatic carbocycles. The minimum absolute atomic E-state index is 0.414. The van der Waals surface area contributed by atoms with E-state index in [4.69, 9.17) is 4.42 Å². The quantitative estimate of drug-likeness (QED) is 0.802. The van der Waals surface area contributed by atoms with Gasteiger partial charge in [-0.15, -0.1) is 0 Å². The lowest BCUT2D eigenvalue weighted by molar-refractivity contribution is 0.583. The molecule has 0 fully saturated rings. The molecule has 0 amide bonds. The normalized spacial score (nSPS) is 13.0. The van der Waals surface area contributed by atoms with E-state index in [1.807, 2.05) is 36.2 Å². The molecule has 2 rings (SSSR count). The van der Waals surface area contributed by atoms with Gasteiger partial charge in [0.25, 0.3) is 6.01 Å². The number of anilines is 1. The first-order valence-corrected chi connectivity index (χ1v) is 5.79. The van der Waals surface area contributed by atoms with Crippen LogP contribution in [0.5, 0.6) is 0 Å². The summed E-state index contributed by atoms with van der Waals surface area (Å²) in [5, 5.41) is 0. The van der Waals surface area contributed by atoms with E-state index in [1.54, 1.807) is 0 Å². The summed E-state index contributed by atoms with van der Waals surface area (Å²) in [6.07, 6.45) is 0. The lowest BCUT2D eigenvalue weighted by Gasteiger charge is -2.15. The Morgan fingerprint density at radius 3 is 2.87 bits per heavy atom. The summed E-state index contributed by atoms with van der Waals surface area (Å²) in [6, 6.07) is 8.46. The van der Waals surface area contributed by atoms with Crippen molar-refractivity contribution in [2.45, 2.75) is 11.8 Å². The highest BCUT2D eigenvalue weighted by Gasteiger charge is 2.11. The smallest absolute Gasteiger partial charge is 0.298 e. The van der Waals surface area contributed by atoms with Gasteiger partial charge in [0.05, 0.1) is 0 Å². The van der Waals surface area contributed by atoms with Gasteiger partial charge in [-0.1, -0.05) is 35.0 Å². The Labute approximate surface area is 97.2 Å². The fourth-order valence-electron chi connectivity index (χ4n) is 1.48. The number of oxazole rings is 1. The molecule has 0 radical (unpaired) electrons. The zero-order chi connectivity index (χ0) is 10.8. The van der Waals surface area contributed by atoms with Crippen LogP contribution in [-0.2, 0) is 0 Å². The summed E-state index contributed by atoms with van der Waals surface area (Å²) in [4.78, 5) is 6.82. The molecule has 1 unspecified atom stereocenters. The molecule has 15 heavy (non-hydrogen) atoms. The molecule has 0 saturated carbocycles. The molecule has 3 nitrogen and oxygen atoms in total.